The van der Waals surface area contributed by atoms with Crippen LogP contribution in [0.3, 0.4) is 0 Å². The molecule has 1 aromatic carbocycles. The zero-order valence-electron chi connectivity index (χ0n) is 13.6. The fourth-order valence-electron chi connectivity index (χ4n) is 2.49. The highest BCUT2D eigenvalue weighted by molar-refractivity contribution is 7.89. The van der Waals surface area contributed by atoms with Gasteiger partial charge in [0.15, 0.2) is 5.82 Å². The van der Waals surface area contributed by atoms with Crippen LogP contribution in [0.25, 0.3) is 15.7 Å². The number of halogens is 2. The molecule has 140 valence electrons. The van der Waals surface area contributed by atoms with E-state index in [4.69, 9.17) is 0 Å². The Labute approximate surface area is 161 Å². The third-order valence-corrected chi connectivity index (χ3v) is 6.88. The molecular formula is C16H12F2N4O2S3. The van der Waals surface area contributed by atoms with Gasteiger partial charge in [-0.1, -0.05) is 6.07 Å². The molecule has 6 nitrogen and oxygen atoms in total. The number of nitrogens with zero attached hydrogens (tertiary/aromatic N) is 3. The number of fused-ring (bicyclic) bond motifs is 1. The lowest BCUT2D eigenvalue weighted by Crippen LogP contribution is -2.26. The van der Waals surface area contributed by atoms with E-state index in [0.717, 1.165) is 22.7 Å². The van der Waals surface area contributed by atoms with Gasteiger partial charge in [-0.25, -0.2) is 26.4 Å². The van der Waals surface area contributed by atoms with E-state index < -0.39 is 26.6 Å². The van der Waals surface area contributed by atoms with Crippen molar-refractivity contribution in [3.63, 3.8) is 0 Å². The van der Waals surface area contributed by atoms with E-state index in [2.05, 4.69) is 14.8 Å². The van der Waals surface area contributed by atoms with E-state index in [0.29, 0.717) is 23.3 Å². The van der Waals surface area contributed by atoms with Gasteiger partial charge in [-0.3, -0.25) is 0 Å². The summed E-state index contributed by atoms with van der Waals surface area (Å²) < 4.78 is 55.0. The highest BCUT2D eigenvalue weighted by atomic mass is 32.2. The minimum atomic E-state index is -4.01. The lowest BCUT2D eigenvalue weighted by Gasteiger charge is -2.06. The number of nitrogens with one attached hydrogen (secondary N) is 1. The lowest BCUT2D eigenvalue weighted by molar-refractivity contribution is 0.561. The molecule has 0 aliphatic heterocycles. The first-order valence-corrected chi connectivity index (χ1v) is 11.0. The van der Waals surface area contributed by atoms with E-state index in [1.54, 1.807) is 4.52 Å². The molecule has 0 radical (unpaired) electrons. The van der Waals surface area contributed by atoms with Gasteiger partial charge in [0.1, 0.15) is 11.6 Å². The van der Waals surface area contributed by atoms with Gasteiger partial charge in [0, 0.05) is 24.4 Å². The Morgan fingerprint density at radius 1 is 1.15 bits per heavy atom. The van der Waals surface area contributed by atoms with Crippen LogP contribution in [0.1, 0.15) is 5.69 Å². The van der Waals surface area contributed by atoms with E-state index in [1.807, 2.05) is 22.9 Å². The largest absolute Gasteiger partial charge is 0.240 e. The van der Waals surface area contributed by atoms with E-state index in [9.17, 15) is 17.2 Å². The van der Waals surface area contributed by atoms with Gasteiger partial charge in [0.05, 0.1) is 15.5 Å². The molecule has 0 fully saturated rings. The minimum absolute atomic E-state index is 0.0560. The maximum atomic E-state index is 13.2. The van der Waals surface area contributed by atoms with Crippen molar-refractivity contribution < 1.29 is 17.2 Å². The smallest absolute Gasteiger partial charge is 0.211 e. The Hall–Kier alpha value is -2.21. The fourth-order valence-corrected chi connectivity index (χ4v) is 5.07. The normalized spacial score (nSPS) is 12.1. The highest BCUT2D eigenvalue weighted by Crippen LogP contribution is 2.24. The molecule has 0 unspecified atom stereocenters. The first-order chi connectivity index (χ1) is 12.9. The van der Waals surface area contributed by atoms with Crippen LogP contribution in [-0.4, -0.2) is 29.6 Å². The van der Waals surface area contributed by atoms with Crippen molar-refractivity contribution in [3.8, 4) is 10.7 Å². The maximum absolute atomic E-state index is 13.2. The molecule has 11 heteroatoms. The van der Waals surface area contributed by atoms with Gasteiger partial charge in [0.25, 0.3) is 0 Å². The van der Waals surface area contributed by atoms with Crippen LogP contribution in [0.15, 0.2) is 46.0 Å². The molecule has 0 atom stereocenters. The van der Waals surface area contributed by atoms with Gasteiger partial charge < -0.3 is 0 Å². The van der Waals surface area contributed by atoms with Gasteiger partial charge in [-0.2, -0.15) is 4.98 Å². The van der Waals surface area contributed by atoms with Crippen molar-refractivity contribution in [2.24, 2.45) is 0 Å². The van der Waals surface area contributed by atoms with Crippen molar-refractivity contribution >= 4 is 37.7 Å². The summed E-state index contributed by atoms with van der Waals surface area (Å²) in [7, 11) is -4.01. The van der Waals surface area contributed by atoms with Crippen molar-refractivity contribution in [2.75, 3.05) is 6.54 Å². The monoisotopic (exact) mass is 426 g/mol. The minimum Gasteiger partial charge on any atom is -0.211 e. The lowest BCUT2D eigenvalue weighted by atomic mass is 10.3. The molecular weight excluding hydrogens is 414 g/mol. The van der Waals surface area contributed by atoms with Gasteiger partial charge >= 0.3 is 0 Å². The van der Waals surface area contributed by atoms with E-state index in [1.165, 1.54) is 22.7 Å². The van der Waals surface area contributed by atoms with Crippen LogP contribution in [0.5, 0.6) is 0 Å². The van der Waals surface area contributed by atoms with Gasteiger partial charge in [0.2, 0.25) is 15.0 Å². The Bertz CT molecular complexity index is 1180. The Morgan fingerprint density at radius 2 is 1.93 bits per heavy atom. The number of thiophene rings is 1. The van der Waals surface area contributed by atoms with Crippen molar-refractivity contribution in [2.45, 2.75) is 11.3 Å². The second-order valence-electron chi connectivity index (χ2n) is 5.59. The zero-order valence-corrected chi connectivity index (χ0v) is 16.0. The SMILES string of the molecule is O=S(=O)(NCCc1csc2nc(-c3cccs3)nn12)c1cc(F)cc(F)c1. The Balaban J connectivity index is 1.49. The fraction of sp³-hybridized carbons (Fsp3) is 0.125. The second-order valence-corrected chi connectivity index (χ2v) is 9.14. The number of aromatic nitrogens is 3. The van der Waals surface area contributed by atoms with E-state index >= 15 is 0 Å². The van der Waals surface area contributed by atoms with Crippen LogP contribution in [0, 0.1) is 11.6 Å². The molecule has 4 rings (SSSR count). The standard InChI is InChI=1S/C16H12F2N4O2S3/c17-10-6-11(18)8-13(7-10)27(23,24)19-4-3-12-9-26-16-20-15(21-22(12)16)14-2-1-5-25-14/h1-2,5-9,19H,3-4H2. The van der Waals surface area contributed by atoms with E-state index in [-0.39, 0.29) is 6.54 Å². The predicted octanol–water partition coefficient (Wildman–Crippen LogP) is 3.32. The summed E-state index contributed by atoms with van der Waals surface area (Å²) in [6, 6.07) is 6.02. The summed E-state index contributed by atoms with van der Waals surface area (Å²) >= 11 is 2.94. The number of thiazole rings is 1. The molecule has 0 spiro atoms. The number of sulfonamides is 1. The number of rotatable bonds is 6. The summed E-state index contributed by atoms with van der Waals surface area (Å²) in [5.74, 6) is -1.27. The van der Waals surface area contributed by atoms with Crippen LogP contribution in [-0.2, 0) is 16.4 Å². The first-order valence-electron chi connectivity index (χ1n) is 7.75. The molecule has 3 aromatic heterocycles. The van der Waals surface area contributed by atoms with Crippen molar-refractivity contribution in [1.82, 2.24) is 19.3 Å². The van der Waals surface area contributed by atoms with Gasteiger partial charge in [-0.15, -0.1) is 27.8 Å². The second kappa shape index (κ2) is 7.08. The maximum Gasteiger partial charge on any atom is 0.240 e. The molecule has 0 saturated carbocycles. The van der Waals surface area contributed by atoms with Crippen molar-refractivity contribution in [3.05, 3.63) is 58.4 Å². The Kier molecular flexibility index (Phi) is 4.76. The van der Waals surface area contributed by atoms with Crippen LogP contribution in [0.4, 0.5) is 8.78 Å². The molecule has 3 heterocycles. The van der Waals surface area contributed by atoms with Crippen LogP contribution < -0.4 is 4.72 Å². The summed E-state index contributed by atoms with van der Waals surface area (Å²) in [5.41, 5.74) is 0.790. The Morgan fingerprint density at radius 3 is 2.63 bits per heavy atom. The first kappa shape index (κ1) is 18.2. The molecule has 27 heavy (non-hydrogen) atoms. The molecule has 0 saturated heterocycles. The molecule has 0 aliphatic carbocycles. The van der Waals surface area contributed by atoms with Crippen LogP contribution in [0.2, 0.25) is 0 Å². The zero-order chi connectivity index (χ0) is 19.0. The topological polar surface area (TPSA) is 76.4 Å². The third-order valence-electron chi connectivity index (χ3n) is 3.71. The van der Waals surface area contributed by atoms with Gasteiger partial charge in [-0.05, 0) is 23.6 Å². The average molecular weight is 426 g/mol. The molecule has 0 bridgehead atoms. The number of hydrogen-bond donors (Lipinski definition) is 1. The molecule has 1 N–H and O–H groups in total. The quantitative estimate of drug-likeness (QED) is 0.513. The van der Waals surface area contributed by atoms with Crippen LogP contribution >= 0.6 is 22.7 Å². The summed E-state index contributed by atoms with van der Waals surface area (Å²) in [4.78, 5) is 5.67. The molecule has 0 amide bonds. The number of hydrogen-bond acceptors (Lipinski definition) is 6. The summed E-state index contributed by atoms with van der Waals surface area (Å²) in [6.07, 6.45) is 0.351. The average Bonchev–Trinajstić information content (AvgIpc) is 3.31. The third kappa shape index (κ3) is 3.76. The summed E-state index contributed by atoms with van der Waals surface area (Å²) in [6.45, 7) is 0.0560. The summed E-state index contributed by atoms with van der Waals surface area (Å²) in [5, 5.41) is 8.25. The predicted molar refractivity (Wildman–Crippen MR) is 99.4 cm³/mol. The highest BCUT2D eigenvalue weighted by Gasteiger charge is 2.17. The van der Waals surface area contributed by atoms with Crippen molar-refractivity contribution in [1.29, 1.82) is 0 Å². The molecule has 4 aromatic rings. The number of benzene rings is 1. The molecule has 0 aliphatic rings.